The van der Waals surface area contributed by atoms with Crippen molar-refractivity contribution in [3.63, 3.8) is 0 Å². The number of allylic oxidation sites excluding steroid dienone is 2. The zero-order valence-corrected chi connectivity index (χ0v) is 65.2. The summed E-state index contributed by atoms with van der Waals surface area (Å²) in [5, 5.41) is 5.45. The number of ether oxygens (including phenoxy) is 3. The molecule has 1 N–H and O–H groups in total. The number of hydrogen-bond acceptors (Lipinski definition) is 11. The number of methoxy groups -OCH3 is 1. The number of likely N-dealkylation sites (N-methyl/N-ethyl adjacent to an activating group) is 1. The maximum Gasteiger partial charge on any atom is 0.336 e. The number of halogens is 4. The van der Waals surface area contributed by atoms with Gasteiger partial charge in [-0.15, -0.1) is 0 Å². The molecule has 8 aromatic rings. The molecule has 0 radical (unpaired) electrons. The number of nitrogens with zero attached hydrogens (tertiary/aromatic N) is 5. The number of carbonyl (C=O) groups excluding carboxylic acids is 8. The topological polar surface area (TPSA) is 192 Å². The summed E-state index contributed by atoms with van der Waals surface area (Å²) in [6, 6.07) is 67.9. The Bertz CT molecular complexity index is 4580. The highest BCUT2D eigenvalue weighted by atomic mass is 35.5. The Hall–Kier alpha value is -10.4. The summed E-state index contributed by atoms with van der Waals surface area (Å²) in [6.45, 7) is 10.8. The molecule has 0 saturated heterocycles. The minimum atomic E-state index is -0.387. The van der Waals surface area contributed by atoms with Crippen LogP contribution in [0.5, 0.6) is 0 Å². The van der Waals surface area contributed by atoms with Crippen LogP contribution >= 0.6 is 46.4 Å². The van der Waals surface area contributed by atoms with Gasteiger partial charge in [0.25, 0.3) is 5.91 Å². The van der Waals surface area contributed by atoms with Crippen LogP contribution in [0.3, 0.4) is 0 Å². The smallest absolute Gasteiger partial charge is 0.336 e. The van der Waals surface area contributed by atoms with Gasteiger partial charge in [0.05, 0.1) is 17.8 Å². The SMILES string of the molecule is CCCN1C(=O)CC(c2ccc(Cl)cc2)C(C(=O)OCc2ccccc2)=C1C.CCN1C(=O)CC(c2ccc(Cl)cc2)C(C(=O)OCc2ccccc2)=C1C.CN1C=C(C(=O)N(C)Cc2ccccc2)C(c2ccc(Cl)cc2)CC1=O.COCCN1C=C(C(=O)NCc2ccccc2)C(c2ccc(Cl)cc2)CC1=O. The van der Waals surface area contributed by atoms with E-state index in [-0.39, 0.29) is 110 Å². The van der Waals surface area contributed by atoms with E-state index >= 15 is 0 Å². The van der Waals surface area contributed by atoms with Crippen LogP contribution in [0.4, 0.5) is 0 Å². The zero-order valence-electron chi connectivity index (χ0n) is 62.2. The first-order valence-corrected chi connectivity index (χ1v) is 37.6. The van der Waals surface area contributed by atoms with Crippen LogP contribution in [0.25, 0.3) is 0 Å². The fourth-order valence-corrected chi connectivity index (χ4v) is 13.9. The molecule has 6 amide bonds. The first-order valence-electron chi connectivity index (χ1n) is 36.1. The van der Waals surface area contributed by atoms with Crippen LogP contribution in [0.1, 0.15) is 128 Å². The summed E-state index contributed by atoms with van der Waals surface area (Å²) in [4.78, 5) is 110. The molecule has 0 aliphatic carbocycles. The predicted molar refractivity (Wildman–Crippen MR) is 426 cm³/mol. The Kier molecular flexibility index (Phi) is 30.9. The van der Waals surface area contributed by atoms with E-state index in [0.29, 0.717) is 93.1 Å². The van der Waals surface area contributed by atoms with Gasteiger partial charge in [0.1, 0.15) is 13.2 Å². The molecule has 17 nitrogen and oxygen atoms in total. The Morgan fingerprint density at radius 2 is 0.835 bits per heavy atom. The number of carbonyl (C=O) groups is 8. The highest BCUT2D eigenvalue weighted by Gasteiger charge is 2.39. The molecule has 109 heavy (non-hydrogen) atoms. The van der Waals surface area contributed by atoms with E-state index in [4.69, 9.17) is 60.6 Å². The summed E-state index contributed by atoms with van der Waals surface area (Å²) in [5.74, 6) is -2.26. The first kappa shape index (κ1) is 82.7. The molecule has 4 heterocycles. The number of esters is 2. The lowest BCUT2D eigenvalue weighted by atomic mass is 9.83. The lowest BCUT2D eigenvalue weighted by Gasteiger charge is -2.34. The minimum absolute atomic E-state index is 0.00721. The average Bonchev–Trinajstić information content (AvgIpc) is 0.796. The van der Waals surface area contributed by atoms with Gasteiger partial charge in [0.15, 0.2) is 0 Å². The second kappa shape index (κ2) is 40.7. The standard InChI is InChI=1S/C23H24ClNO3.C22H23ClN2O3.C22H22ClNO3.C21H21ClN2O2/c1-3-13-25-16(2)22(23(27)28-15-17-7-5-4-6-8-17)20(14-21(25)26)18-9-11-19(24)12-10-18;1-28-12-11-25-15-20(22(27)24-14-16-5-3-2-4-6-16)19(13-21(25)26)17-7-9-18(23)10-8-17;1-3-24-15(2)21(22(26)27-14-16-7-5-4-6-8-16)19(13-20(24)25)17-9-11-18(23)12-10-17;1-23-14-19(21(26)24(2)13-15-6-4-3-5-7-15)18(12-20(23)25)16-8-10-17(22)11-9-16/h4-12,20H,3,13-15H2,1-2H3;2-10,15,19H,11-14H2,1H3,(H,24,27);4-12,19H,3,13-14H2,1-2H3;3-11,14,18H,12-13H2,1-2H3. The second-order valence-corrected chi connectivity index (χ2v) is 28.4. The van der Waals surface area contributed by atoms with E-state index in [1.807, 2.05) is 198 Å². The fourth-order valence-electron chi connectivity index (χ4n) is 13.4. The molecule has 0 fully saturated rings. The highest BCUT2D eigenvalue weighted by Crippen LogP contribution is 2.41. The van der Waals surface area contributed by atoms with Crippen molar-refractivity contribution in [1.82, 2.24) is 29.8 Å². The lowest BCUT2D eigenvalue weighted by Crippen LogP contribution is -2.38. The Balaban J connectivity index is 0.000000168. The van der Waals surface area contributed by atoms with Gasteiger partial charge in [-0.05, 0) is 120 Å². The van der Waals surface area contributed by atoms with Crippen molar-refractivity contribution in [3.05, 3.63) is 329 Å². The van der Waals surface area contributed by atoms with Crippen molar-refractivity contribution in [3.8, 4) is 0 Å². The largest absolute Gasteiger partial charge is 0.457 e. The Morgan fingerprint density at radius 1 is 0.459 bits per heavy atom. The van der Waals surface area contributed by atoms with Crippen LogP contribution in [-0.2, 0) is 78.9 Å². The van der Waals surface area contributed by atoms with Gasteiger partial charge in [0, 0.05) is 158 Å². The first-order chi connectivity index (χ1) is 52.5. The van der Waals surface area contributed by atoms with Gasteiger partial charge >= 0.3 is 11.9 Å². The second-order valence-electron chi connectivity index (χ2n) is 26.6. The highest BCUT2D eigenvalue weighted by molar-refractivity contribution is 6.31. The van der Waals surface area contributed by atoms with E-state index in [0.717, 1.165) is 50.9 Å². The van der Waals surface area contributed by atoms with Crippen LogP contribution in [0.15, 0.2) is 264 Å². The van der Waals surface area contributed by atoms with E-state index in [1.54, 1.807) is 102 Å². The minimum Gasteiger partial charge on any atom is -0.457 e. The van der Waals surface area contributed by atoms with Crippen molar-refractivity contribution in [2.45, 2.75) is 110 Å². The van der Waals surface area contributed by atoms with Gasteiger partial charge in [0.2, 0.25) is 29.5 Å². The lowest BCUT2D eigenvalue weighted by molar-refractivity contribution is -0.143. The molecular weight excluding hydrogens is 1460 g/mol. The van der Waals surface area contributed by atoms with E-state index < -0.39 is 0 Å². The average molecular weight is 1550 g/mol. The molecule has 4 atom stereocenters. The van der Waals surface area contributed by atoms with Crippen LogP contribution in [0, 0.1) is 0 Å². The number of nitrogens with one attached hydrogen (secondary N) is 1. The maximum atomic E-state index is 13.1. The summed E-state index contributed by atoms with van der Waals surface area (Å²) < 4.78 is 16.3. The van der Waals surface area contributed by atoms with Crippen molar-refractivity contribution in [1.29, 1.82) is 0 Å². The Morgan fingerprint density at radius 3 is 1.26 bits per heavy atom. The monoisotopic (exact) mass is 1550 g/mol. The third-order valence-electron chi connectivity index (χ3n) is 19.2. The van der Waals surface area contributed by atoms with E-state index in [2.05, 4.69) is 5.32 Å². The molecule has 4 aliphatic rings. The number of benzene rings is 8. The summed E-state index contributed by atoms with van der Waals surface area (Å²) >= 11 is 24.0. The van der Waals surface area contributed by atoms with Gasteiger partial charge in [-0.2, -0.15) is 0 Å². The van der Waals surface area contributed by atoms with Gasteiger partial charge in [-0.1, -0.05) is 223 Å². The van der Waals surface area contributed by atoms with Crippen molar-refractivity contribution in [2.24, 2.45) is 0 Å². The van der Waals surface area contributed by atoms with E-state index in [1.165, 1.54) is 4.90 Å². The van der Waals surface area contributed by atoms with Crippen molar-refractivity contribution >= 4 is 93.8 Å². The van der Waals surface area contributed by atoms with Crippen LogP contribution in [-0.4, -0.2) is 119 Å². The zero-order chi connectivity index (χ0) is 78.1. The number of hydrogen-bond donors (Lipinski definition) is 1. The fraction of sp³-hybridized carbons (Fsp3) is 0.273. The molecule has 0 spiro atoms. The van der Waals surface area contributed by atoms with Crippen molar-refractivity contribution in [2.75, 3.05) is 47.4 Å². The third-order valence-corrected chi connectivity index (χ3v) is 20.2. The molecule has 4 aliphatic heterocycles. The molecule has 8 aromatic carbocycles. The third kappa shape index (κ3) is 22.8. The molecule has 566 valence electrons. The molecule has 0 saturated carbocycles. The number of amides is 6. The predicted octanol–water partition coefficient (Wildman–Crippen LogP) is 17.1. The molecule has 4 unspecified atom stereocenters. The summed E-state index contributed by atoms with van der Waals surface area (Å²) in [6.07, 6.45) is 5.13. The van der Waals surface area contributed by atoms with Crippen molar-refractivity contribution < 1.29 is 52.6 Å². The molecule has 12 rings (SSSR count). The summed E-state index contributed by atoms with van der Waals surface area (Å²) in [5.41, 5.74) is 11.1. The van der Waals surface area contributed by atoms with Gasteiger partial charge in [-0.3, -0.25) is 28.8 Å². The molecular formula is C88H90Cl4N6O11. The molecule has 21 heteroatoms. The molecule has 0 aromatic heterocycles. The Labute approximate surface area is 658 Å². The van der Waals surface area contributed by atoms with E-state index in [9.17, 15) is 38.4 Å². The van der Waals surface area contributed by atoms with Gasteiger partial charge < -0.3 is 44.0 Å². The normalized spacial score (nSPS) is 17.0. The van der Waals surface area contributed by atoms with Crippen LogP contribution < -0.4 is 5.32 Å². The van der Waals surface area contributed by atoms with Gasteiger partial charge in [-0.25, -0.2) is 9.59 Å². The summed E-state index contributed by atoms with van der Waals surface area (Å²) in [7, 11) is 5.05. The molecule has 0 bridgehead atoms. The number of rotatable bonds is 22. The van der Waals surface area contributed by atoms with Crippen LogP contribution in [0.2, 0.25) is 20.1 Å². The quantitative estimate of drug-likeness (QED) is 0.0635. The maximum absolute atomic E-state index is 13.1.